The molecule has 1 N–H and O–H groups in total. The fourth-order valence-corrected chi connectivity index (χ4v) is 5.37. The molecule has 2 aliphatic heterocycles. The van der Waals surface area contributed by atoms with E-state index < -0.39 is 0 Å². The van der Waals surface area contributed by atoms with Crippen molar-refractivity contribution in [3.8, 4) is 11.5 Å². The zero-order valence-electron chi connectivity index (χ0n) is 17.7. The summed E-state index contributed by atoms with van der Waals surface area (Å²) >= 11 is 0. The molecule has 0 aromatic heterocycles. The summed E-state index contributed by atoms with van der Waals surface area (Å²) < 4.78 is 11.5. The summed E-state index contributed by atoms with van der Waals surface area (Å²) in [4.78, 5) is 27.4. The number of likely N-dealkylation sites (tertiary alicyclic amines) is 1. The average molecular weight is 413 g/mol. The predicted octanol–water partition coefficient (Wildman–Crippen LogP) is 3.03. The van der Waals surface area contributed by atoms with Gasteiger partial charge in [0.2, 0.25) is 11.8 Å². The molecular formula is C24H32N2O4. The lowest BCUT2D eigenvalue weighted by molar-refractivity contribution is -0.136. The van der Waals surface area contributed by atoms with Crippen LogP contribution in [0.2, 0.25) is 0 Å². The zero-order valence-corrected chi connectivity index (χ0v) is 17.7. The highest BCUT2D eigenvalue weighted by atomic mass is 16.6. The van der Waals surface area contributed by atoms with Gasteiger partial charge in [-0.1, -0.05) is 18.9 Å². The molecule has 4 aliphatic rings. The van der Waals surface area contributed by atoms with Crippen molar-refractivity contribution in [2.75, 3.05) is 32.8 Å². The molecule has 30 heavy (non-hydrogen) atoms. The Labute approximate surface area is 178 Å². The number of amides is 2. The van der Waals surface area contributed by atoms with Crippen LogP contribution >= 0.6 is 0 Å². The van der Waals surface area contributed by atoms with Gasteiger partial charge >= 0.3 is 0 Å². The van der Waals surface area contributed by atoms with Gasteiger partial charge in [0.1, 0.15) is 13.2 Å². The Morgan fingerprint density at radius 1 is 1.00 bits per heavy atom. The van der Waals surface area contributed by atoms with Crippen molar-refractivity contribution in [2.24, 2.45) is 11.8 Å². The van der Waals surface area contributed by atoms with Gasteiger partial charge < -0.3 is 19.7 Å². The topological polar surface area (TPSA) is 67.9 Å². The van der Waals surface area contributed by atoms with E-state index in [9.17, 15) is 9.59 Å². The van der Waals surface area contributed by atoms with E-state index >= 15 is 0 Å². The summed E-state index contributed by atoms with van der Waals surface area (Å²) in [7, 11) is 0. The van der Waals surface area contributed by atoms with Gasteiger partial charge in [0.05, 0.1) is 5.92 Å². The van der Waals surface area contributed by atoms with Crippen LogP contribution in [0.3, 0.4) is 0 Å². The lowest BCUT2D eigenvalue weighted by atomic mass is 9.78. The van der Waals surface area contributed by atoms with Gasteiger partial charge in [0, 0.05) is 31.0 Å². The number of carbonyl (C=O) groups excluding carboxylic acids is 2. The second-order valence-electron chi connectivity index (χ2n) is 9.46. The molecule has 0 bridgehead atoms. The van der Waals surface area contributed by atoms with Crippen LogP contribution in [-0.2, 0) is 15.0 Å². The molecule has 1 saturated heterocycles. The third kappa shape index (κ3) is 3.88. The Kier molecular flexibility index (Phi) is 5.34. The fourth-order valence-electron chi connectivity index (χ4n) is 5.37. The molecule has 6 nitrogen and oxygen atoms in total. The molecule has 0 spiro atoms. The second-order valence-corrected chi connectivity index (χ2v) is 9.46. The summed E-state index contributed by atoms with van der Waals surface area (Å²) in [5, 5.41) is 3.27. The van der Waals surface area contributed by atoms with Crippen LogP contribution < -0.4 is 14.8 Å². The number of hydrogen-bond donors (Lipinski definition) is 1. The van der Waals surface area contributed by atoms with Crippen LogP contribution in [0.5, 0.6) is 11.5 Å². The Morgan fingerprint density at radius 2 is 1.77 bits per heavy atom. The molecule has 0 radical (unpaired) electrons. The SMILES string of the molecule is O=C(NCC1(c2ccc3c(c2)OCCO3)CCCC1)C1CCCN(C(=O)C2CC2)C1. The van der Waals surface area contributed by atoms with E-state index in [1.165, 1.54) is 18.4 Å². The van der Waals surface area contributed by atoms with Crippen LogP contribution in [0.4, 0.5) is 0 Å². The number of nitrogens with zero attached hydrogens (tertiary/aromatic N) is 1. The van der Waals surface area contributed by atoms with Crippen LogP contribution in [0, 0.1) is 11.8 Å². The monoisotopic (exact) mass is 412 g/mol. The van der Waals surface area contributed by atoms with Crippen molar-refractivity contribution in [3.05, 3.63) is 23.8 Å². The van der Waals surface area contributed by atoms with Crippen LogP contribution in [0.25, 0.3) is 0 Å². The quantitative estimate of drug-likeness (QED) is 0.807. The van der Waals surface area contributed by atoms with Crippen LogP contribution in [0.1, 0.15) is 56.9 Å². The normalized spacial score (nSPS) is 25.1. The number of benzene rings is 1. The number of rotatable bonds is 5. The van der Waals surface area contributed by atoms with Gasteiger partial charge in [0.15, 0.2) is 11.5 Å². The molecule has 162 valence electrons. The van der Waals surface area contributed by atoms with Crippen molar-refractivity contribution >= 4 is 11.8 Å². The largest absolute Gasteiger partial charge is 0.486 e. The predicted molar refractivity (Wildman–Crippen MR) is 113 cm³/mol. The molecule has 5 rings (SSSR count). The standard InChI is InChI=1S/C24H32N2O4/c27-22(18-4-3-11-26(15-18)23(28)17-5-6-17)25-16-24(9-1-2-10-24)19-7-8-20-21(14-19)30-13-12-29-20/h7-8,14,17-18H,1-6,9-13,15-16H2,(H,25,27). The highest BCUT2D eigenvalue weighted by molar-refractivity contribution is 5.83. The second kappa shape index (κ2) is 8.12. The fraction of sp³-hybridized carbons (Fsp3) is 0.667. The van der Waals surface area contributed by atoms with Crippen LogP contribution in [0.15, 0.2) is 18.2 Å². The van der Waals surface area contributed by atoms with Crippen LogP contribution in [-0.4, -0.2) is 49.6 Å². The molecule has 1 atom stereocenters. The molecule has 1 aromatic rings. The van der Waals surface area contributed by atoms with Crippen molar-refractivity contribution < 1.29 is 19.1 Å². The summed E-state index contributed by atoms with van der Waals surface area (Å²) in [5.74, 6) is 2.13. The minimum Gasteiger partial charge on any atom is -0.486 e. The van der Waals surface area contributed by atoms with Gasteiger partial charge in [-0.15, -0.1) is 0 Å². The van der Waals surface area contributed by atoms with Gasteiger partial charge in [-0.2, -0.15) is 0 Å². The van der Waals surface area contributed by atoms with E-state index in [0.29, 0.717) is 26.3 Å². The summed E-state index contributed by atoms with van der Waals surface area (Å²) in [6.45, 7) is 3.21. The Balaban J connectivity index is 1.25. The van der Waals surface area contributed by atoms with Crippen molar-refractivity contribution in [1.29, 1.82) is 0 Å². The maximum atomic E-state index is 13.0. The van der Waals surface area contributed by atoms with E-state index in [-0.39, 0.29) is 29.1 Å². The molecule has 6 heteroatoms. The minimum atomic E-state index is -0.0832. The maximum absolute atomic E-state index is 13.0. The third-order valence-electron chi connectivity index (χ3n) is 7.35. The number of piperidine rings is 1. The van der Waals surface area contributed by atoms with Crippen molar-refractivity contribution in [2.45, 2.75) is 56.8 Å². The highest BCUT2D eigenvalue weighted by Gasteiger charge is 2.39. The first-order chi connectivity index (χ1) is 14.6. The molecule has 2 aliphatic carbocycles. The van der Waals surface area contributed by atoms with E-state index in [2.05, 4.69) is 17.4 Å². The molecular weight excluding hydrogens is 380 g/mol. The average Bonchev–Trinajstić information content (AvgIpc) is 3.54. The van der Waals surface area contributed by atoms with Crippen molar-refractivity contribution in [3.63, 3.8) is 0 Å². The lowest BCUT2D eigenvalue weighted by Gasteiger charge is -2.34. The van der Waals surface area contributed by atoms with Gasteiger partial charge in [-0.05, 0) is 56.2 Å². The van der Waals surface area contributed by atoms with E-state index in [1.54, 1.807) is 0 Å². The zero-order chi connectivity index (χ0) is 20.6. The number of nitrogens with one attached hydrogen (secondary N) is 1. The summed E-state index contributed by atoms with van der Waals surface area (Å²) in [6.07, 6.45) is 8.33. The lowest BCUT2D eigenvalue weighted by Crippen LogP contribution is -2.48. The number of fused-ring (bicyclic) bond motifs is 1. The Morgan fingerprint density at radius 3 is 2.53 bits per heavy atom. The Hall–Kier alpha value is -2.24. The van der Waals surface area contributed by atoms with Gasteiger partial charge in [0.25, 0.3) is 0 Å². The Bertz CT molecular complexity index is 813. The third-order valence-corrected chi connectivity index (χ3v) is 7.35. The van der Waals surface area contributed by atoms with E-state index in [1.807, 2.05) is 11.0 Å². The first-order valence-electron chi connectivity index (χ1n) is 11.6. The molecule has 2 saturated carbocycles. The number of ether oxygens (including phenoxy) is 2. The minimum absolute atomic E-state index is 0.0380. The summed E-state index contributed by atoms with van der Waals surface area (Å²) in [6, 6.07) is 6.26. The highest BCUT2D eigenvalue weighted by Crippen LogP contribution is 2.44. The first kappa shape index (κ1) is 19.7. The smallest absolute Gasteiger partial charge is 0.225 e. The summed E-state index contributed by atoms with van der Waals surface area (Å²) in [5.41, 5.74) is 1.20. The van der Waals surface area contributed by atoms with Gasteiger partial charge in [-0.25, -0.2) is 0 Å². The number of hydrogen-bond acceptors (Lipinski definition) is 4. The molecule has 1 unspecified atom stereocenters. The van der Waals surface area contributed by atoms with Crippen molar-refractivity contribution in [1.82, 2.24) is 10.2 Å². The molecule has 2 amide bonds. The maximum Gasteiger partial charge on any atom is 0.225 e. The first-order valence-corrected chi connectivity index (χ1v) is 11.6. The molecule has 2 heterocycles. The van der Waals surface area contributed by atoms with E-state index in [0.717, 1.165) is 56.6 Å². The van der Waals surface area contributed by atoms with E-state index in [4.69, 9.17) is 9.47 Å². The molecule has 1 aromatic carbocycles. The van der Waals surface area contributed by atoms with Gasteiger partial charge in [-0.3, -0.25) is 9.59 Å². The molecule has 3 fully saturated rings. The number of carbonyl (C=O) groups is 2.